The molecule has 1 atom stereocenters. The van der Waals surface area contributed by atoms with Crippen molar-refractivity contribution in [3.8, 4) is 0 Å². The van der Waals surface area contributed by atoms with Crippen LogP contribution in [0.25, 0.3) is 0 Å². The molecule has 118 valence electrons. The smallest absolute Gasteiger partial charge is 0.250 e. The lowest BCUT2D eigenvalue weighted by atomic mass is 9.78. The maximum absolute atomic E-state index is 13.6. The van der Waals surface area contributed by atoms with Gasteiger partial charge in [0.25, 0.3) is 0 Å². The van der Waals surface area contributed by atoms with Gasteiger partial charge in [0.2, 0.25) is 5.91 Å². The molecule has 0 aliphatic carbocycles. The lowest BCUT2D eigenvalue weighted by Gasteiger charge is -2.32. The molecule has 3 heterocycles. The van der Waals surface area contributed by atoms with Crippen LogP contribution in [-0.4, -0.2) is 31.3 Å². The summed E-state index contributed by atoms with van der Waals surface area (Å²) in [6.45, 7) is 1.20. The number of halogens is 2. The second-order valence-corrected chi connectivity index (χ2v) is 6.58. The largest absolute Gasteiger partial charge is 0.359 e. The molecule has 4 rings (SSSR count). The Morgan fingerprint density at radius 3 is 2.65 bits per heavy atom. The van der Waals surface area contributed by atoms with Crippen molar-refractivity contribution in [3.63, 3.8) is 0 Å². The first-order valence-electron chi connectivity index (χ1n) is 7.26. The normalized spacial score (nSPS) is 23.5. The highest BCUT2D eigenvalue weighted by Crippen LogP contribution is 2.41. The topological polar surface area (TPSA) is 70.2 Å². The van der Waals surface area contributed by atoms with E-state index in [-0.39, 0.29) is 24.1 Å². The Kier molecular flexibility index (Phi) is 3.35. The third-order valence-electron chi connectivity index (χ3n) is 4.36. The molecule has 0 spiro atoms. The number of ketones is 1. The minimum absolute atomic E-state index is 0.0459. The molecule has 23 heavy (non-hydrogen) atoms. The molecule has 5 nitrogen and oxygen atoms in total. The summed E-state index contributed by atoms with van der Waals surface area (Å²) in [5.41, 5.74) is 3.46. The standard InChI is InChI=1S/C16H13BrFN3O2/c17-8-3-7(1-2-9(8)18)13-14-10(4-19-6-12(14)22)21-11-5-20-16(23)15(11)13/h1-3,13,19,21H,4-6H2,(H,20,23). The van der Waals surface area contributed by atoms with Gasteiger partial charge in [0.1, 0.15) is 5.82 Å². The van der Waals surface area contributed by atoms with Gasteiger partial charge in [-0.25, -0.2) is 4.39 Å². The van der Waals surface area contributed by atoms with Crippen molar-refractivity contribution in [2.24, 2.45) is 0 Å². The number of carbonyl (C=O) groups excluding carboxylic acids is 2. The number of hydrogen-bond donors (Lipinski definition) is 3. The van der Waals surface area contributed by atoms with Gasteiger partial charge < -0.3 is 16.0 Å². The van der Waals surface area contributed by atoms with Crippen molar-refractivity contribution < 1.29 is 14.0 Å². The van der Waals surface area contributed by atoms with Crippen LogP contribution in [-0.2, 0) is 9.59 Å². The minimum Gasteiger partial charge on any atom is -0.359 e. The predicted molar refractivity (Wildman–Crippen MR) is 84.9 cm³/mol. The van der Waals surface area contributed by atoms with Gasteiger partial charge in [0.15, 0.2) is 5.78 Å². The van der Waals surface area contributed by atoms with Crippen molar-refractivity contribution >= 4 is 27.6 Å². The Morgan fingerprint density at radius 2 is 1.87 bits per heavy atom. The predicted octanol–water partition coefficient (Wildman–Crippen LogP) is 1.09. The van der Waals surface area contributed by atoms with Crippen molar-refractivity contribution in [1.82, 2.24) is 16.0 Å². The molecular weight excluding hydrogens is 365 g/mol. The van der Waals surface area contributed by atoms with E-state index in [9.17, 15) is 14.0 Å². The van der Waals surface area contributed by atoms with Crippen LogP contribution in [0.15, 0.2) is 45.2 Å². The molecule has 0 aromatic heterocycles. The van der Waals surface area contributed by atoms with E-state index >= 15 is 0 Å². The number of amides is 1. The summed E-state index contributed by atoms with van der Waals surface area (Å²) < 4.78 is 13.9. The molecule has 1 aromatic rings. The van der Waals surface area contributed by atoms with E-state index in [1.807, 2.05) is 0 Å². The monoisotopic (exact) mass is 377 g/mol. The van der Waals surface area contributed by atoms with Crippen LogP contribution in [0.2, 0.25) is 0 Å². The summed E-state index contributed by atoms with van der Waals surface area (Å²) in [5.74, 6) is -1.07. The number of hydrogen-bond acceptors (Lipinski definition) is 4. The number of Topliss-reactive ketones (excluding diaryl/α,β-unsaturated/α-hetero) is 1. The SMILES string of the molecule is O=C1CNCC2=C1C(c1ccc(F)c(Br)c1)C1=C(CNC1=O)N2. The molecule has 0 radical (unpaired) electrons. The van der Waals surface area contributed by atoms with E-state index < -0.39 is 5.92 Å². The fourth-order valence-corrected chi connectivity index (χ4v) is 3.77. The number of nitrogens with one attached hydrogen (secondary N) is 3. The highest BCUT2D eigenvalue weighted by atomic mass is 79.9. The van der Waals surface area contributed by atoms with Gasteiger partial charge in [-0.3, -0.25) is 9.59 Å². The number of rotatable bonds is 1. The molecule has 0 saturated heterocycles. The minimum atomic E-state index is -0.463. The van der Waals surface area contributed by atoms with Gasteiger partial charge in [-0.15, -0.1) is 0 Å². The Hall–Kier alpha value is -1.99. The molecule has 3 aliphatic rings. The van der Waals surface area contributed by atoms with E-state index in [0.717, 1.165) is 17.0 Å². The zero-order valence-electron chi connectivity index (χ0n) is 12.0. The van der Waals surface area contributed by atoms with Crippen LogP contribution in [0.3, 0.4) is 0 Å². The number of dihydropyridines is 1. The maximum atomic E-state index is 13.6. The molecule has 1 amide bonds. The first-order valence-corrected chi connectivity index (χ1v) is 8.05. The summed E-state index contributed by atoms with van der Waals surface area (Å²) in [5, 5.41) is 9.05. The second-order valence-electron chi connectivity index (χ2n) is 5.73. The van der Waals surface area contributed by atoms with Crippen LogP contribution in [0.5, 0.6) is 0 Å². The first kappa shape index (κ1) is 14.6. The van der Waals surface area contributed by atoms with E-state index in [2.05, 4.69) is 31.9 Å². The van der Waals surface area contributed by atoms with Crippen molar-refractivity contribution in [2.75, 3.05) is 19.6 Å². The Morgan fingerprint density at radius 1 is 1.09 bits per heavy atom. The fourth-order valence-electron chi connectivity index (χ4n) is 3.37. The fraction of sp³-hybridized carbons (Fsp3) is 0.250. The van der Waals surface area contributed by atoms with E-state index in [0.29, 0.717) is 28.7 Å². The number of carbonyl (C=O) groups is 2. The molecule has 1 aromatic carbocycles. The third kappa shape index (κ3) is 2.22. The van der Waals surface area contributed by atoms with Crippen LogP contribution in [0, 0.1) is 5.82 Å². The van der Waals surface area contributed by atoms with Crippen molar-refractivity contribution in [1.29, 1.82) is 0 Å². The molecule has 0 saturated carbocycles. The molecule has 7 heteroatoms. The molecule has 0 bridgehead atoms. The Labute approximate surface area is 140 Å². The lowest BCUT2D eigenvalue weighted by molar-refractivity contribution is -0.116. The molecular formula is C16H13BrFN3O2. The zero-order chi connectivity index (χ0) is 16.1. The van der Waals surface area contributed by atoms with Crippen LogP contribution in [0.1, 0.15) is 11.5 Å². The quantitative estimate of drug-likeness (QED) is 0.684. The van der Waals surface area contributed by atoms with Gasteiger partial charge in [0.05, 0.1) is 23.1 Å². The summed E-state index contributed by atoms with van der Waals surface area (Å²) in [7, 11) is 0. The average Bonchev–Trinajstić information content (AvgIpc) is 2.90. The summed E-state index contributed by atoms with van der Waals surface area (Å²) >= 11 is 3.18. The average molecular weight is 378 g/mol. The van der Waals surface area contributed by atoms with Crippen molar-refractivity contribution in [2.45, 2.75) is 5.92 Å². The maximum Gasteiger partial charge on any atom is 0.250 e. The summed E-state index contributed by atoms with van der Waals surface area (Å²) in [4.78, 5) is 24.7. The number of benzene rings is 1. The molecule has 1 unspecified atom stereocenters. The van der Waals surface area contributed by atoms with Crippen LogP contribution in [0.4, 0.5) is 4.39 Å². The van der Waals surface area contributed by atoms with E-state index in [1.165, 1.54) is 6.07 Å². The molecule has 0 fully saturated rings. The van der Waals surface area contributed by atoms with Crippen LogP contribution < -0.4 is 16.0 Å². The lowest BCUT2D eigenvalue weighted by Crippen LogP contribution is -2.42. The van der Waals surface area contributed by atoms with Gasteiger partial charge in [-0.2, -0.15) is 0 Å². The van der Waals surface area contributed by atoms with Gasteiger partial charge in [-0.05, 0) is 33.6 Å². The van der Waals surface area contributed by atoms with E-state index in [4.69, 9.17) is 0 Å². The Balaban J connectivity index is 1.91. The molecule has 3 aliphatic heterocycles. The van der Waals surface area contributed by atoms with Gasteiger partial charge in [0, 0.05) is 29.4 Å². The summed E-state index contributed by atoms with van der Waals surface area (Å²) in [6, 6.07) is 4.62. The van der Waals surface area contributed by atoms with Gasteiger partial charge >= 0.3 is 0 Å². The second kappa shape index (κ2) is 5.28. The highest BCUT2D eigenvalue weighted by molar-refractivity contribution is 9.10. The van der Waals surface area contributed by atoms with E-state index in [1.54, 1.807) is 12.1 Å². The van der Waals surface area contributed by atoms with Gasteiger partial charge in [-0.1, -0.05) is 6.07 Å². The third-order valence-corrected chi connectivity index (χ3v) is 4.97. The Bertz CT molecular complexity index is 816. The highest BCUT2D eigenvalue weighted by Gasteiger charge is 2.41. The van der Waals surface area contributed by atoms with Crippen LogP contribution >= 0.6 is 15.9 Å². The molecule has 3 N–H and O–H groups in total. The first-order chi connectivity index (χ1) is 11.1. The summed E-state index contributed by atoms with van der Waals surface area (Å²) in [6.07, 6.45) is 0. The van der Waals surface area contributed by atoms with Crippen molar-refractivity contribution in [3.05, 3.63) is 56.6 Å². The zero-order valence-corrected chi connectivity index (χ0v) is 13.6.